The third-order valence-corrected chi connectivity index (χ3v) is 4.97. The molecule has 3 rings (SSSR count). The van der Waals surface area contributed by atoms with Crippen LogP contribution in [0.4, 0.5) is 11.4 Å². The number of hydrogen-bond donors (Lipinski definition) is 1. The Hall–Kier alpha value is -1.97. The summed E-state index contributed by atoms with van der Waals surface area (Å²) in [6.45, 7) is 2.22. The van der Waals surface area contributed by atoms with Crippen molar-refractivity contribution in [2.24, 2.45) is 0 Å². The molecular weight excluding hydrogens is 355 g/mol. The number of anilines is 2. The maximum absolute atomic E-state index is 12.1. The largest absolute Gasteiger partial charge is 0.372 e. The second kappa shape index (κ2) is 8.41. The van der Waals surface area contributed by atoms with E-state index in [1.54, 1.807) is 18.2 Å². The van der Waals surface area contributed by atoms with Crippen LogP contribution in [-0.4, -0.2) is 19.0 Å². The fourth-order valence-corrected chi connectivity index (χ4v) is 3.19. The molecule has 0 atom stereocenters. The zero-order valence-corrected chi connectivity index (χ0v) is 15.4. The third-order valence-electron chi connectivity index (χ3n) is 4.23. The first-order valence-corrected chi connectivity index (χ1v) is 9.16. The standard InChI is InChI=1S/C20H20Cl2N2O/c21-18-10-4-15(14-19(18)22)5-11-20(25)23-16-6-8-17(9-7-16)24-12-2-1-3-13-24/h4-11,14H,1-3,12-13H2,(H,23,25). The molecule has 0 unspecified atom stereocenters. The van der Waals surface area contributed by atoms with Gasteiger partial charge in [0.1, 0.15) is 0 Å². The third kappa shape index (κ3) is 5.00. The van der Waals surface area contributed by atoms with Crippen molar-refractivity contribution in [3.8, 4) is 0 Å². The Bertz CT molecular complexity index is 766. The molecular formula is C20H20Cl2N2O. The van der Waals surface area contributed by atoms with E-state index in [0.717, 1.165) is 24.3 Å². The van der Waals surface area contributed by atoms with Crippen molar-refractivity contribution in [3.05, 3.63) is 64.1 Å². The van der Waals surface area contributed by atoms with Crippen LogP contribution in [0.1, 0.15) is 24.8 Å². The number of halogens is 2. The number of carbonyl (C=O) groups is 1. The Morgan fingerprint density at radius 1 is 0.960 bits per heavy atom. The lowest BCUT2D eigenvalue weighted by Crippen LogP contribution is -2.29. The summed E-state index contributed by atoms with van der Waals surface area (Å²) >= 11 is 11.8. The second-order valence-corrected chi connectivity index (χ2v) is 6.91. The zero-order valence-electron chi connectivity index (χ0n) is 13.8. The van der Waals surface area contributed by atoms with E-state index in [9.17, 15) is 4.79 Å². The number of carbonyl (C=O) groups excluding carboxylic acids is 1. The molecule has 130 valence electrons. The first-order chi connectivity index (χ1) is 12.1. The van der Waals surface area contributed by atoms with E-state index in [1.807, 2.05) is 18.2 Å². The molecule has 1 aliphatic rings. The lowest BCUT2D eigenvalue weighted by molar-refractivity contribution is -0.111. The van der Waals surface area contributed by atoms with Crippen LogP contribution in [0.25, 0.3) is 6.08 Å². The summed E-state index contributed by atoms with van der Waals surface area (Å²) in [7, 11) is 0. The minimum Gasteiger partial charge on any atom is -0.372 e. The summed E-state index contributed by atoms with van der Waals surface area (Å²) < 4.78 is 0. The first-order valence-electron chi connectivity index (χ1n) is 8.41. The molecule has 25 heavy (non-hydrogen) atoms. The van der Waals surface area contributed by atoms with Gasteiger partial charge in [-0.15, -0.1) is 0 Å². The monoisotopic (exact) mass is 374 g/mol. The molecule has 5 heteroatoms. The topological polar surface area (TPSA) is 32.3 Å². The van der Waals surface area contributed by atoms with Crippen molar-refractivity contribution in [3.63, 3.8) is 0 Å². The number of benzene rings is 2. The van der Waals surface area contributed by atoms with Gasteiger partial charge in [-0.3, -0.25) is 4.79 Å². The number of nitrogens with zero attached hydrogens (tertiary/aromatic N) is 1. The van der Waals surface area contributed by atoms with Crippen LogP contribution in [0.3, 0.4) is 0 Å². The molecule has 0 radical (unpaired) electrons. The summed E-state index contributed by atoms with van der Waals surface area (Å²) in [4.78, 5) is 14.4. The Morgan fingerprint density at radius 2 is 1.68 bits per heavy atom. The van der Waals surface area contributed by atoms with Crippen LogP contribution < -0.4 is 10.2 Å². The highest BCUT2D eigenvalue weighted by atomic mass is 35.5. The molecule has 1 saturated heterocycles. The Balaban J connectivity index is 1.58. The van der Waals surface area contributed by atoms with Gasteiger partial charge in [0, 0.05) is 30.5 Å². The summed E-state index contributed by atoms with van der Waals surface area (Å²) in [5.41, 5.74) is 2.82. The van der Waals surface area contributed by atoms with Gasteiger partial charge in [-0.25, -0.2) is 0 Å². The molecule has 1 aliphatic heterocycles. The van der Waals surface area contributed by atoms with Crippen molar-refractivity contribution in [1.82, 2.24) is 0 Å². The van der Waals surface area contributed by atoms with E-state index >= 15 is 0 Å². The van der Waals surface area contributed by atoms with Crippen LogP contribution in [0, 0.1) is 0 Å². The molecule has 1 N–H and O–H groups in total. The van der Waals surface area contributed by atoms with Gasteiger partial charge in [-0.1, -0.05) is 29.3 Å². The highest BCUT2D eigenvalue weighted by molar-refractivity contribution is 6.42. The first kappa shape index (κ1) is 17.8. The van der Waals surface area contributed by atoms with Crippen molar-refractivity contribution in [2.75, 3.05) is 23.3 Å². The van der Waals surface area contributed by atoms with E-state index in [1.165, 1.54) is 31.0 Å². The van der Waals surface area contributed by atoms with Crippen LogP contribution in [0.15, 0.2) is 48.5 Å². The van der Waals surface area contributed by atoms with Gasteiger partial charge in [0.15, 0.2) is 0 Å². The van der Waals surface area contributed by atoms with Crippen molar-refractivity contribution in [2.45, 2.75) is 19.3 Å². The number of piperidine rings is 1. The SMILES string of the molecule is O=C(C=Cc1ccc(Cl)c(Cl)c1)Nc1ccc(N2CCCCC2)cc1. The van der Waals surface area contributed by atoms with Crippen LogP contribution in [-0.2, 0) is 4.79 Å². The van der Waals surface area contributed by atoms with Gasteiger partial charge in [0.2, 0.25) is 5.91 Å². The van der Waals surface area contributed by atoms with Gasteiger partial charge in [-0.2, -0.15) is 0 Å². The predicted molar refractivity (Wildman–Crippen MR) is 107 cm³/mol. The molecule has 1 fully saturated rings. The maximum atomic E-state index is 12.1. The molecule has 3 nitrogen and oxygen atoms in total. The number of nitrogens with one attached hydrogen (secondary N) is 1. The Labute approximate surface area is 158 Å². The molecule has 0 aromatic heterocycles. The lowest BCUT2D eigenvalue weighted by atomic mass is 10.1. The average molecular weight is 375 g/mol. The van der Waals surface area contributed by atoms with Gasteiger partial charge >= 0.3 is 0 Å². The molecule has 0 spiro atoms. The van der Waals surface area contributed by atoms with E-state index in [4.69, 9.17) is 23.2 Å². The van der Waals surface area contributed by atoms with Crippen LogP contribution in [0.5, 0.6) is 0 Å². The van der Waals surface area contributed by atoms with Crippen molar-refractivity contribution < 1.29 is 4.79 Å². The maximum Gasteiger partial charge on any atom is 0.248 e. The zero-order chi connectivity index (χ0) is 17.6. The highest BCUT2D eigenvalue weighted by Crippen LogP contribution is 2.24. The van der Waals surface area contributed by atoms with E-state index in [2.05, 4.69) is 22.3 Å². The number of amides is 1. The molecule has 0 bridgehead atoms. The molecule has 0 aliphatic carbocycles. The van der Waals surface area contributed by atoms with E-state index < -0.39 is 0 Å². The fourth-order valence-electron chi connectivity index (χ4n) is 2.88. The summed E-state index contributed by atoms with van der Waals surface area (Å²) in [5.74, 6) is -0.184. The van der Waals surface area contributed by atoms with Gasteiger partial charge < -0.3 is 10.2 Å². The van der Waals surface area contributed by atoms with Gasteiger partial charge in [0.25, 0.3) is 0 Å². The molecule has 2 aromatic carbocycles. The number of rotatable bonds is 4. The van der Waals surface area contributed by atoms with Gasteiger partial charge in [-0.05, 0) is 67.3 Å². The Kier molecular flexibility index (Phi) is 6.00. The van der Waals surface area contributed by atoms with Gasteiger partial charge in [0.05, 0.1) is 10.0 Å². The predicted octanol–water partition coefficient (Wildman–Crippen LogP) is 5.64. The smallest absolute Gasteiger partial charge is 0.248 e. The second-order valence-electron chi connectivity index (χ2n) is 6.09. The molecule has 2 aromatic rings. The van der Waals surface area contributed by atoms with E-state index in [-0.39, 0.29) is 5.91 Å². The molecule has 1 amide bonds. The normalized spacial score (nSPS) is 14.7. The molecule has 0 saturated carbocycles. The van der Waals surface area contributed by atoms with Crippen LogP contribution in [0.2, 0.25) is 10.0 Å². The van der Waals surface area contributed by atoms with E-state index in [0.29, 0.717) is 10.0 Å². The van der Waals surface area contributed by atoms with Crippen molar-refractivity contribution in [1.29, 1.82) is 0 Å². The molecule has 1 heterocycles. The summed E-state index contributed by atoms with van der Waals surface area (Å²) in [6, 6.07) is 13.2. The minimum atomic E-state index is -0.184. The summed E-state index contributed by atoms with van der Waals surface area (Å²) in [6.07, 6.45) is 7.00. The number of hydrogen-bond acceptors (Lipinski definition) is 2. The summed E-state index contributed by atoms with van der Waals surface area (Å²) in [5, 5.41) is 3.83. The lowest BCUT2D eigenvalue weighted by Gasteiger charge is -2.28. The minimum absolute atomic E-state index is 0.184. The van der Waals surface area contributed by atoms with Crippen LogP contribution >= 0.6 is 23.2 Å². The van der Waals surface area contributed by atoms with Crippen molar-refractivity contribution >= 4 is 46.6 Å². The Morgan fingerprint density at radius 3 is 2.36 bits per heavy atom. The highest BCUT2D eigenvalue weighted by Gasteiger charge is 2.10. The quantitative estimate of drug-likeness (QED) is 0.702. The average Bonchev–Trinajstić information content (AvgIpc) is 2.64. The fraction of sp³-hybridized carbons (Fsp3) is 0.250.